The summed E-state index contributed by atoms with van der Waals surface area (Å²) in [6.07, 6.45) is 1.06. The Kier molecular flexibility index (Phi) is 6.63. The lowest BCUT2D eigenvalue weighted by Gasteiger charge is -2.12. The van der Waals surface area contributed by atoms with E-state index in [1.165, 1.54) is 37.4 Å². The minimum atomic E-state index is -3.46. The van der Waals surface area contributed by atoms with Gasteiger partial charge >= 0.3 is 0 Å². The molecule has 2 N–H and O–H groups in total. The number of hydrogen-bond donors (Lipinski definition) is 2. The van der Waals surface area contributed by atoms with Crippen LogP contribution in [0.4, 0.5) is 0 Å². The van der Waals surface area contributed by atoms with E-state index in [0.29, 0.717) is 23.7 Å². The van der Waals surface area contributed by atoms with Gasteiger partial charge in [-0.2, -0.15) is 0 Å². The highest BCUT2D eigenvalue weighted by Crippen LogP contribution is 2.27. The number of amides is 2. The van der Waals surface area contributed by atoms with Gasteiger partial charge in [0.05, 0.1) is 18.6 Å². The molecule has 0 spiro atoms. The van der Waals surface area contributed by atoms with Crippen LogP contribution < -0.4 is 20.3 Å². The van der Waals surface area contributed by atoms with Crippen LogP contribution in [0.25, 0.3) is 0 Å². The predicted molar refractivity (Wildman–Crippen MR) is 103 cm³/mol. The van der Waals surface area contributed by atoms with Gasteiger partial charge in [0, 0.05) is 17.4 Å². The first-order chi connectivity index (χ1) is 13.2. The molecule has 0 heterocycles. The number of carbonyl (C=O) groups is 2. The molecule has 2 amide bonds. The highest BCUT2D eigenvalue weighted by Gasteiger charge is 2.16. The van der Waals surface area contributed by atoms with Crippen LogP contribution in [-0.2, 0) is 9.84 Å². The number of hydrogen-bond acceptors (Lipinski definition) is 6. The first-order valence-electron chi connectivity index (χ1n) is 8.39. The topological polar surface area (TPSA) is 111 Å². The van der Waals surface area contributed by atoms with Crippen LogP contribution in [0, 0.1) is 6.92 Å². The van der Waals surface area contributed by atoms with Crippen LogP contribution in [0.2, 0.25) is 0 Å². The van der Waals surface area contributed by atoms with Gasteiger partial charge in [0.2, 0.25) is 0 Å². The molecule has 0 fully saturated rings. The zero-order valence-corrected chi connectivity index (χ0v) is 16.8. The Morgan fingerprint density at radius 2 is 1.68 bits per heavy atom. The van der Waals surface area contributed by atoms with Gasteiger partial charge in [-0.3, -0.25) is 20.4 Å². The lowest BCUT2D eigenvalue weighted by molar-refractivity contribution is 0.0846. The van der Waals surface area contributed by atoms with Crippen LogP contribution in [0.15, 0.2) is 41.3 Å². The summed E-state index contributed by atoms with van der Waals surface area (Å²) in [4.78, 5) is 24.7. The van der Waals surface area contributed by atoms with Crippen molar-refractivity contribution in [3.8, 4) is 11.5 Å². The number of hydrazine groups is 1. The zero-order chi connectivity index (χ0) is 20.9. The highest BCUT2D eigenvalue weighted by molar-refractivity contribution is 7.90. The van der Waals surface area contributed by atoms with Gasteiger partial charge in [-0.25, -0.2) is 8.42 Å². The van der Waals surface area contributed by atoms with E-state index in [2.05, 4.69) is 10.9 Å². The van der Waals surface area contributed by atoms with E-state index in [1.54, 1.807) is 13.0 Å². The minimum absolute atomic E-state index is 0.0193. The summed E-state index contributed by atoms with van der Waals surface area (Å²) in [5.41, 5.74) is 5.56. The molecule has 2 aromatic carbocycles. The Hall–Kier alpha value is -3.07. The SMILES string of the molecule is CCOc1ccc(C(=O)NNC(=O)c2cc(S(C)(=O)=O)ccc2C)cc1OC. The number of nitrogens with one attached hydrogen (secondary N) is 2. The summed E-state index contributed by atoms with van der Waals surface area (Å²) >= 11 is 0. The van der Waals surface area contributed by atoms with Crippen molar-refractivity contribution in [3.05, 3.63) is 53.1 Å². The maximum absolute atomic E-state index is 12.4. The highest BCUT2D eigenvalue weighted by atomic mass is 32.2. The van der Waals surface area contributed by atoms with Crippen molar-refractivity contribution < 1.29 is 27.5 Å². The van der Waals surface area contributed by atoms with Gasteiger partial charge in [-0.05, 0) is 49.7 Å². The Morgan fingerprint density at radius 3 is 2.29 bits per heavy atom. The maximum atomic E-state index is 12.4. The van der Waals surface area contributed by atoms with Crippen LogP contribution in [0.1, 0.15) is 33.2 Å². The van der Waals surface area contributed by atoms with Gasteiger partial charge in [-0.1, -0.05) is 6.07 Å². The monoisotopic (exact) mass is 406 g/mol. The number of aryl methyl sites for hydroxylation is 1. The third-order valence-corrected chi connectivity index (χ3v) is 5.01. The van der Waals surface area contributed by atoms with E-state index in [1.807, 2.05) is 6.92 Å². The van der Waals surface area contributed by atoms with E-state index in [4.69, 9.17) is 9.47 Å². The van der Waals surface area contributed by atoms with Crippen LogP contribution >= 0.6 is 0 Å². The molecule has 28 heavy (non-hydrogen) atoms. The standard InChI is InChI=1S/C19H22N2O6S/c1-5-27-16-9-7-13(10-17(16)26-3)18(22)20-21-19(23)15-11-14(28(4,24)25)8-6-12(15)2/h6-11H,5H2,1-4H3,(H,20,22)(H,21,23). The number of rotatable bonds is 6. The second kappa shape index (κ2) is 8.75. The molecule has 0 saturated carbocycles. The van der Waals surface area contributed by atoms with Crippen LogP contribution in [0.5, 0.6) is 11.5 Å². The third kappa shape index (κ3) is 5.01. The fourth-order valence-electron chi connectivity index (χ4n) is 2.41. The molecule has 2 rings (SSSR count). The molecule has 0 atom stereocenters. The zero-order valence-electron chi connectivity index (χ0n) is 16.0. The molecule has 0 aliphatic heterocycles. The van der Waals surface area contributed by atoms with Gasteiger partial charge in [0.15, 0.2) is 21.3 Å². The van der Waals surface area contributed by atoms with Crippen molar-refractivity contribution >= 4 is 21.7 Å². The number of ether oxygens (including phenoxy) is 2. The van der Waals surface area contributed by atoms with E-state index in [0.717, 1.165) is 6.26 Å². The minimum Gasteiger partial charge on any atom is -0.493 e. The van der Waals surface area contributed by atoms with Crippen molar-refractivity contribution in [2.24, 2.45) is 0 Å². The van der Waals surface area contributed by atoms with Crippen molar-refractivity contribution in [1.82, 2.24) is 10.9 Å². The second-order valence-electron chi connectivity index (χ2n) is 5.96. The molecule has 0 aliphatic carbocycles. The smallest absolute Gasteiger partial charge is 0.270 e. The van der Waals surface area contributed by atoms with Crippen molar-refractivity contribution in [3.63, 3.8) is 0 Å². The quantitative estimate of drug-likeness (QED) is 0.709. The largest absolute Gasteiger partial charge is 0.493 e. The number of carbonyl (C=O) groups excluding carboxylic acids is 2. The van der Waals surface area contributed by atoms with E-state index in [9.17, 15) is 18.0 Å². The molecule has 0 saturated heterocycles. The number of sulfone groups is 1. The van der Waals surface area contributed by atoms with E-state index in [-0.39, 0.29) is 16.0 Å². The fraction of sp³-hybridized carbons (Fsp3) is 0.263. The third-order valence-electron chi connectivity index (χ3n) is 3.90. The molecular formula is C19H22N2O6S. The Labute approximate surface area is 163 Å². The maximum Gasteiger partial charge on any atom is 0.270 e. The summed E-state index contributed by atoms with van der Waals surface area (Å²) in [5, 5.41) is 0. The molecule has 150 valence electrons. The van der Waals surface area contributed by atoms with Gasteiger partial charge in [-0.15, -0.1) is 0 Å². The molecule has 2 aromatic rings. The molecule has 0 aromatic heterocycles. The number of benzene rings is 2. The molecule has 9 heteroatoms. The van der Waals surface area contributed by atoms with Crippen molar-refractivity contribution in [2.75, 3.05) is 20.0 Å². The van der Waals surface area contributed by atoms with E-state index >= 15 is 0 Å². The fourth-order valence-corrected chi connectivity index (χ4v) is 3.06. The second-order valence-corrected chi connectivity index (χ2v) is 7.97. The summed E-state index contributed by atoms with van der Waals surface area (Å²) in [5.74, 6) is -0.308. The summed E-state index contributed by atoms with van der Waals surface area (Å²) in [6.45, 7) is 3.94. The lowest BCUT2D eigenvalue weighted by atomic mass is 10.1. The Bertz CT molecular complexity index is 1000. The summed E-state index contributed by atoms with van der Waals surface area (Å²) < 4.78 is 34.0. The first kappa shape index (κ1) is 21.2. The van der Waals surface area contributed by atoms with Crippen molar-refractivity contribution in [2.45, 2.75) is 18.7 Å². The van der Waals surface area contributed by atoms with Gasteiger partial charge in [0.1, 0.15) is 0 Å². The predicted octanol–water partition coefficient (Wildman–Crippen LogP) is 1.88. The first-order valence-corrected chi connectivity index (χ1v) is 10.3. The lowest BCUT2D eigenvalue weighted by Crippen LogP contribution is -2.41. The Balaban J connectivity index is 2.14. The van der Waals surface area contributed by atoms with Gasteiger partial charge in [0.25, 0.3) is 11.8 Å². The van der Waals surface area contributed by atoms with Crippen LogP contribution in [0.3, 0.4) is 0 Å². The Morgan fingerprint density at radius 1 is 1.00 bits per heavy atom. The van der Waals surface area contributed by atoms with Gasteiger partial charge < -0.3 is 9.47 Å². The molecule has 0 radical (unpaired) electrons. The van der Waals surface area contributed by atoms with Crippen molar-refractivity contribution in [1.29, 1.82) is 0 Å². The van der Waals surface area contributed by atoms with E-state index < -0.39 is 21.7 Å². The average molecular weight is 406 g/mol. The molecule has 0 bridgehead atoms. The summed E-state index contributed by atoms with van der Waals surface area (Å²) in [6, 6.07) is 8.84. The molecule has 0 unspecified atom stereocenters. The molecular weight excluding hydrogens is 384 g/mol. The van der Waals surface area contributed by atoms with Crippen LogP contribution in [-0.4, -0.2) is 40.2 Å². The molecule has 0 aliphatic rings. The number of methoxy groups -OCH3 is 1. The molecule has 8 nitrogen and oxygen atoms in total. The normalized spacial score (nSPS) is 10.9. The average Bonchev–Trinajstić information content (AvgIpc) is 2.65. The summed E-state index contributed by atoms with van der Waals surface area (Å²) in [7, 11) is -2.00.